The van der Waals surface area contributed by atoms with E-state index < -0.39 is 24.3 Å². The lowest BCUT2D eigenvalue weighted by Gasteiger charge is -2.26. The summed E-state index contributed by atoms with van der Waals surface area (Å²) < 4.78 is 22.7. The third-order valence-corrected chi connectivity index (χ3v) is 12.4. The van der Waals surface area contributed by atoms with Gasteiger partial charge >= 0.3 is 11.9 Å². The Bertz CT molecular complexity index is 1390. The molecule has 71 heavy (non-hydrogen) atoms. The van der Waals surface area contributed by atoms with E-state index in [1.54, 1.807) is 0 Å². The number of carboxylic acids is 1. The first-order valence-electron chi connectivity index (χ1n) is 29.1. The molecule has 0 saturated heterocycles. The molecule has 2 unspecified atom stereocenters. The van der Waals surface area contributed by atoms with E-state index in [1.165, 1.54) is 135 Å². The Hall–Kier alpha value is -3.27. The fourth-order valence-corrected chi connectivity index (χ4v) is 7.97. The first kappa shape index (κ1) is 67.7. The molecule has 0 radical (unpaired) electrons. The van der Waals surface area contributed by atoms with Crippen molar-refractivity contribution in [2.75, 3.05) is 47.5 Å². The number of esters is 2. The largest absolute Gasteiger partial charge is 0.545 e. The van der Waals surface area contributed by atoms with E-state index in [2.05, 4.69) is 86.8 Å². The quantitative estimate of drug-likeness (QED) is 0.0195. The van der Waals surface area contributed by atoms with Gasteiger partial charge in [0, 0.05) is 12.8 Å². The van der Waals surface area contributed by atoms with Crippen LogP contribution in [0.1, 0.15) is 245 Å². The topological polar surface area (TPSA) is 111 Å². The van der Waals surface area contributed by atoms with Gasteiger partial charge in [-0.15, -0.1) is 0 Å². The van der Waals surface area contributed by atoms with Crippen molar-refractivity contribution in [3.8, 4) is 0 Å². The van der Waals surface area contributed by atoms with Crippen molar-refractivity contribution in [1.29, 1.82) is 0 Å². The summed E-state index contributed by atoms with van der Waals surface area (Å²) in [6, 6.07) is 0. The van der Waals surface area contributed by atoms with Gasteiger partial charge in [-0.1, -0.05) is 222 Å². The number of allylic oxidation sites excluding steroid dienone is 12. The Morgan fingerprint density at radius 1 is 0.437 bits per heavy atom. The zero-order chi connectivity index (χ0) is 52.0. The van der Waals surface area contributed by atoms with Crippen LogP contribution in [-0.4, -0.2) is 82.3 Å². The van der Waals surface area contributed by atoms with Crippen LogP contribution in [0.15, 0.2) is 72.9 Å². The second kappa shape index (κ2) is 53.0. The molecule has 0 amide bonds. The minimum atomic E-state index is -1.63. The number of hydrogen-bond donors (Lipinski definition) is 0. The lowest BCUT2D eigenvalue weighted by molar-refractivity contribution is -0.870. The van der Waals surface area contributed by atoms with Crippen LogP contribution >= 0.6 is 0 Å². The molecule has 0 fully saturated rings. The average molecular weight is 997 g/mol. The van der Waals surface area contributed by atoms with Crippen LogP contribution in [0, 0.1) is 0 Å². The summed E-state index contributed by atoms with van der Waals surface area (Å²) in [4.78, 5) is 37.3. The van der Waals surface area contributed by atoms with Crippen molar-refractivity contribution in [2.45, 2.75) is 257 Å². The number of rotatable bonds is 53. The molecule has 2 atom stereocenters. The number of carbonyl (C=O) groups excluding carboxylic acids is 3. The molecular formula is C62H109NO8. The molecule has 0 rings (SSSR count). The van der Waals surface area contributed by atoms with Gasteiger partial charge in [0.2, 0.25) is 0 Å². The Morgan fingerprint density at radius 3 is 1.20 bits per heavy atom. The zero-order valence-electron chi connectivity index (χ0n) is 46.6. The molecule has 0 aliphatic carbocycles. The maximum absolute atomic E-state index is 12.9. The second-order valence-electron chi connectivity index (χ2n) is 20.5. The van der Waals surface area contributed by atoms with Gasteiger partial charge in [-0.2, -0.15) is 0 Å². The van der Waals surface area contributed by atoms with Gasteiger partial charge in [0.05, 0.1) is 40.3 Å². The van der Waals surface area contributed by atoms with Gasteiger partial charge in [0.15, 0.2) is 12.4 Å². The molecule has 0 bridgehead atoms. The Kier molecular flexibility index (Phi) is 50.6. The molecule has 0 heterocycles. The molecule has 0 aliphatic rings. The Balaban J connectivity index is 4.25. The summed E-state index contributed by atoms with van der Waals surface area (Å²) in [6.45, 7) is 4.63. The zero-order valence-corrected chi connectivity index (χ0v) is 46.6. The number of carboxylic acid groups (broad SMARTS) is 1. The lowest BCUT2D eigenvalue weighted by Crippen LogP contribution is -2.44. The minimum Gasteiger partial charge on any atom is -0.545 e. The third-order valence-electron chi connectivity index (χ3n) is 12.4. The molecule has 9 heteroatoms. The van der Waals surface area contributed by atoms with Crippen molar-refractivity contribution < 1.29 is 42.9 Å². The van der Waals surface area contributed by atoms with Gasteiger partial charge in [-0.25, -0.2) is 0 Å². The summed E-state index contributed by atoms with van der Waals surface area (Å²) >= 11 is 0. The third kappa shape index (κ3) is 54.3. The van der Waals surface area contributed by atoms with E-state index in [1.807, 2.05) is 21.1 Å². The van der Waals surface area contributed by atoms with Crippen LogP contribution in [0.3, 0.4) is 0 Å². The molecule has 0 aromatic rings. The predicted octanol–water partition coefficient (Wildman–Crippen LogP) is 15.7. The van der Waals surface area contributed by atoms with Gasteiger partial charge in [0.1, 0.15) is 13.2 Å². The van der Waals surface area contributed by atoms with Crippen LogP contribution in [-0.2, 0) is 33.3 Å². The van der Waals surface area contributed by atoms with Gasteiger partial charge < -0.3 is 33.3 Å². The number of carbonyl (C=O) groups is 3. The van der Waals surface area contributed by atoms with Crippen molar-refractivity contribution >= 4 is 17.9 Å². The van der Waals surface area contributed by atoms with E-state index >= 15 is 0 Å². The average Bonchev–Trinajstić information content (AvgIpc) is 3.34. The first-order valence-corrected chi connectivity index (χ1v) is 29.1. The molecule has 0 spiro atoms. The number of hydrogen-bond acceptors (Lipinski definition) is 8. The second-order valence-corrected chi connectivity index (χ2v) is 20.5. The van der Waals surface area contributed by atoms with Crippen molar-refractivity contribution in [1.82, 2.24) is 0 Å². The van der Waals surface area contributed by atoms with Gasteiger partial charge in [0.25, 0.3) is 0 Å². The summed E-state index contributed by atoms with van der Waals surface area (Å²) in [6.07, 6.45) is 65.1. The normalized spacial score (nSPS) is 13.3. The van der Waals surface area contributed by atoms with E-state index in [0.717, 1.165) is 77.0 Å². The molecule has 0 aliphatic heterocycles. The van der Waals surface area contributed by atoms with Crippen molar-refractivity contribution in [3.63, 3.8) is 0 Å². The molecule has 410 valence electrons. The lowest BCUT2D eigenvalue weighted by atomic mass is 10.0. The highest BCUT2D eigenvalue weighted by molar-refractivity contribution is 5.70. The number of quaternary nitrogens is 1. The van der Waals surface area contributed by atoms with Crippen molar-refractivity contribution in [2.24, 2.45) is 0 Å². The Morgan fingerprint density at radius 2 is 0.803 bits per heavy atom. The van der Waals surface area contributed by atoms with Crippen LogP contribution in [0.5, 0.6) is 0 Å². The fourth-order valence-electron chi connectivity index (χ4n) is 7.97. The molecule has 0 saturated carbocycles. The molecule has 0 N–H and O–H groups in total. The van der Waals surface area contributed by atoms with Crippen LogP contribution in [0.25, 0.3) is 0 Å². The van der Waals surface area contributed by atoms with E-state index in [9.17, 15) is 19.5 Å². The number of aliphatic carboxylic acids is 1. The standard InChI is InChI=1S/C62H109NO8/c1-6-8-10-12-14-16-18-20-22-24-26-28-29-30-31-33-34-36-38-40-42-44-46-48-50-52-59(64)69-56-58(57-70-62(61(66)67)68-55-54-63(3,4)5)71-60(65)53-51-49-47-45-43-41-39-37-35-32-27-25-23-21-19-17-15-13-11-9-7-2/h9,11,15,17-18,20-21,23-24,26-27,32,58,62H,6-8,10,12-14,16,19,22,25,28-31,33-57H2,1-5H3/b11-9-,17-15-,20-18-,23-21-,26-24-,32-27-. The van der Waals surface area contributed by atoms with E-state index in [4.69, 9.17) is 18.9 Å². The SMILES string of the molecule is CC/C=C\C/C=C\C/C=C\C/C=C\CCCCCCCCCCC(=O)OC(COC(=O)CCCCCCCCCCCCCCC/C=C\C/C=C\CCCCCCC)COC(OCC[N+](C)(C)C)C(=O)[O-]. The predicted molar refractivity (Wildman–Crippen MR) is 297 cm³/mol. The van der Waals surface area contributed by atoms with Crippen LogP contribution in [0.2, 0.25) is 0 Å². The summed E-state index contributed by atoms with van der Waals surface area (Å²) in [5.41, 5.74) is 0. The maximum Gasteiger partial charge on any atom is 0.306 e. The molecular weight excluding hydrogens is 887 g/mol. The number of nitrogens with zero attached hydrogens (tertiary/aromatic N) is 1. The van der Waals surface area contributed by atoms with Crippen LogP contribution in [0.4, 0.5) is 0 Å². The van der Waals surface area contributed by atoms with Gasteiger partial charge in [-0.05, 0) is 83.5 Å². The van der Waals surface area contributed by atoms with E-state index in [-0.39, 0.29) is 38.6 Å². The molecule has 0 aromatic heterocycles. The number of likely N-dealkylation sites (N-methyl/N-ethyl adjacent to an activating group) is 1. The highest BCUT2D eigenvalue weighted by Gasteiger charge is 2.22. The molecule has 0 aromatic carbocycles. The number of ether oxygens (including phenoxy) is 4. The Labute approximate surface area is 437 Å². The smallest absolute Gasteiger partial charge is 0.306 e. The van der Waals surface area contributed by atoms with Crippen LogP contribution < -0.4 is 5.11 Å². The molecule has 9 nitrogen and oxygen atoms in total. The van der Waals surface area contributed by atoms with Crippen molar-refractivity contribution in [3.05, 3.63) is 72.9 Å². The maximum atomic E-state index is 12.9. The highest BCUT2D eigenvalue weighted by atomic mass is 16.7. The van der Waals surface area contributed by atoms with Gasteiger partial charge in [-0.3, -0.25) is 9.59 Å². The summed E-state index contributed by atoms with van der Waals surface area (Å²) in [7, 11) is 5.92. The summed E-state index contributed by atoms with van der Waals surface area (Å²) in [5, 5.41) is 11.8. The minimum absolute atomic E-state index is 0.143. The summed E-state index contributed by atoms with van der Waals surface area (Å²) in [5.74, 6) is -2.29. The highest BCUT2D eigenvalue weighted by Crippen LogP contribution is 2.16. The fraction of sp³-hybridized carbons (Fsp3) is 0.758. The number of unbranched alkanes of at least 4 members (excludes halogenated alkanes) is 26. The monoisotopic (exact) mass is 996 g/mol. The van der Waals surface area contributed by atoms with E-state index in [0.29, 0.717) is 17.4 Å². The first-order chi connectivity index (χ1) is 34.6.